The van der Waals surface area contributed by atoms with Crippen LogP contribution in [0, 0.1) is 20.8 Å². The molecule has 0 unspecified atom stereocenters. The number of rotatable bonds is 7. The van der Waals surface area contributed by atoms with Crippen LogP contribution < -0.4 is 14.8 Å². The summed E-state index contributed by atoms with van der Waals surface area (Å²) in [4.78, 5) is 12.6. The number of carbonyl (C=O) groups is 1. The Labute approximate surface area is 156 Å². The maximum Gasteiger partial charge on any atom is 0.261 e. The minimum absolute atomic E-state index is 0.0580. The lowest BCUT2D eigenvalue weighted by Crippen LogP contribution is -2.38. The van der Waals surface area contributed by atoms with Crippen molar-refractivity contribution < 1.29 is 14.3 Å². The number of aryl methyl sites for hydroxylation is 3. The topological polar surface area (TPSA) is 47.6 Å². The van der Waals surface area contributed by atoms with Crippen LogP contribution in [0.2, 0.25) is 0 Å². The van der Waals surface area contributed by atoms with E-state index in [0.717, 1.165) is 40.2 Å². The molecule has 0 bridgehead atoms. The molecule has 26 heavy (non-hydrogen) atoms. The molecule has 0 heterocycles. The van der Waals surface area contributed by atoms with Crippen LogP contribution in [0.3, 0.4) is 0 Å². The summed E-state index contributed by atoms with van der Waals surface area (Å²) in [6.07, 6.45) is 0.234. The third-order valence-corrected chi connectivity index (χ3v) is 4.42. The highest BCUT2D eigenvalue weighted by Crippen LogP contribution is 2.24. The first-order valence-corrected chi connectivity index (χ1v) is 9.04. The van der Waals surface area contributed by atoms with E-state index in [1.165, 1.54) is 0 Å². The van der Waals surface area contributed by atoms with Crippen LogP contribution in [0.25, 0.3) is 0 Å². The Morgan fingerprint density at radius 1 is 1.08 bits per heavy atom. The third-order valence-electron chi connectivity index (χ3n) is 4.42. The number of carbonyl (C=O) groups excluding carboxylic acids is 1. The zero-order chi connectivity index (χ0) is 19.3. The van der Waals surface area contributed by atoms with Crippen molar-refractivity contribution in [2.45, 2.75) is 53.2 Å². The molecule has 1 amide bonds. The van der Waals surface area contributed by atoms with E-state index in [0.29, 0.717) is 0 Å². The lowest BCUT2D eigenvalue weighted by Gasteiger charge is -2.22. The molecule has 4 heteroatoms. The lowest BCUT2D eigenvalue weighted by molar-refractivity contribution is -0.128. The fraction of sp³-hybridized carbons (Fsp3) is 0.409. The van der Waals surface area contributed by atoms with Gasteiger partial charge in [0.05, 0.1) is 13.2 Å². The lowest BCUT2D eigenvalue weighted by atomic mass is 10.0. The first-order chi connectivity index (χ1) is 12.3. The Morgan fingerprint density at radius 2 is 1.73 bits per heavy atom. The van der Waals surface area contributed by atoms with Gasteiger partial charge in [-0.15, -0.1) is 0 Å². The zero-order valence-corrected chi connectivity index (χ0v) is 16.6. The number of amides is 1. The Hall–Kier alpha value is -2.49. The van der Waals surface area contributed by atoms with Crippen molar-refractivity contribution in [3.05, 3.63) is 58.7 Å². The molecule has 0 saturated carbocycles. The van der Waals surface area contributed by atoms with Crippen molar-refractivity contribution in [1.29, 1.82) is 0 Å². The molecule has 4 nitrogen and oxygen atoms in total. The second-order valence-electron chi connectivity index (χ2n) is 6.78. The number of benzene rings is 2. The maximum atomic E-state index is 12.6. The highest BCUT2D eigenvalue weighted by atomic mass is 16.5. The highest BCUT2D eigenvalue weighted by molar-refractivity contribution is 5.81. The molecule has 2 rings (SSSR count). The summed E-state index contributed by atoms with van der Waals surface area (Å²) >= 11 is 0. The van der Waals surface area contributed by atoms with E-state index in [1.54, 1.807) is 14.0 Å². The van der Waals surface area contributed by atoms with Gasteiger partial charge in [0, 0.05) is 0 Å². The molecule has 2 aromatic carbocycles. The minimum Gasteiger partial charge on any atom is -0.496 e. The fourth-order valence-corrected chi connectivity index (χ4v) is 3.09. The molecule has 0 aliphatic heterocycles. The zero-order valence-electron chi connectivity index (χ0n) is 16.6. The molecule has 2 aromatic rings. The van der Waals surface area contributed by atoms with Crippen molar-refractivity contribution in [2.75, 3.05) is 7.11 Å². The van der Waals surface area contributed by atoms with Gasteiger partial charge in [-0.1, -0.05) is 25.1 Å². The largest absolute Gasteiger partial charge is 0.496 e. The Kier molecular flexibility index (Phi) is 6.67. The van der Waals surface area contributed by atoms with Gasteiger partial charge in [-0.3, -0.25) is 4.79 Å². The third kappa shape index (κ3) is 5.01. The predicted molar refractivity (Wildman–Crippen MR) is 105 cm³/mol. The quantitative estimate of drug-likeness (QED) is 0.786. The van der Waals surface area contributed by atoms with Crippen molar-refractivity contribution in [1.82, 2.24) is 5.32 Å². The number of hydrogen-bond donors (Lipinski definition) is 1. The number of ether oxygens (including phenoxy) is 2. The average molecular weight is 355 g/mol. The monoisotopic (exact) mass is 355 g/mol. The van der Waals surface area contributed by atoms with Crippen molar-refractivity contribution in [2.24, 2.45) is 0 Å². The standard InChI is InChI=1S/C22H29NO3/c1-7-20(18-8-9-21(25-6)16(4)13-18)23-22(24)17(5)26-19-11-14(2)10-15(3)12-19/h8-13,17,20H,7H2,1-6H3,(H,23,24)/t17-,20-/m1/s1. The molecule has 0 spiro atoms. The molecule has 140 valence electrons. The van der Waals surface area contributed by atoms with Crippen LogP contribution >= 0.6 is 0 Å². The summed E-state index contributed by atoms with van der Waals surface area (Å²) < 4.78 is 11.2. The Bertz CT molecular complexity index is 750. The second-order valence-corrected chi connectivity index (χ2v) is 6.78. The van der Waals surface area contributed by atoms with Crippen molar-refractivity contribution in [3.8, 4) is 11.5 Å². The molecule has 1 N–H and O–H groups in total. The summed E-state index contributed by atoms with van der Waals surface area (Å²) in [5.74, 6) is 1.45. The van der Waals surface area contributed by atoms with Crippen LogP contribution in [0.5, 0.6) is 11.5 Å². The van der Waals surface area contributed by atoms with Crippen LogP contribution in [0.15, 0.2) is 36.4 Å². The van der Waals surface area contributed by atoms with Gasteiger partial charge in [0.2, 0.25) is 0 Å². The summed E-state index contributed by atoms with van der Waals surface area (Å²) in [5.41, 5.74) is 4.36. The van der Waals surface area contributed by atoms with Gasteiger partial charge in [0.25, 0.3) is 5.91 Å². The van der Waals surface area contributed by atoms with Gasteiger partial charge in [-0.25, -0.2) is 0 Å². The van der Waals surface area contributed by atoms with Crippen LogP contribution in [-0.4, -0.2) is 19.1 Å². The second kappa shape index (κ2) is 8.75. The predicted octanol–water partition coefficient (Wildman–Crippen LogP) is 4.66. The van der Waals surface area contributed by atoms with Crippen LogP contribution in [-0.2, 0) is 4.79 Å². The van der Waals surface area contributed by atoms with Crippen LogP contribution in [0.1, 0.15) is 48.6 Å². The van der Waals surface area contributed by atoms with E-state index in [4.69, 9.17) is 9.47 Å². The normalized spacial score (nSPS) is 13.0. The Balaban J connectivity index is 2.07. The molecule has 0 aliphatic carbocycles. The summed E-state index contributed by atoms with van der Waals surface area (Å²) in [6.45, 7) is 9.87. The molecular weight excluding hydrogens is 326 g/mol. The smallest absolute Gasteiger partial charge is 0.261 e. The SMILES string of the molecule is CC[C@@H](NC(=O)[C@@H](C)Oc1cc(C)cc(C)c1)c1ccc(OC)c(C)c1. The first-order valence-electron chi connectivity index (χ1n) is 9.04. The van der Waals surface area contributed by atoms with Gasteiger partial charge in [0.15, 0.2) is 6.10 Å². The van der Waals surface area contributed by atoms with Gasteiger partial charge >= 0.3 is 0 Å². The highest BCUT2D eigenvalue weighted by Gasteiger charge is 2.20. The van der Waals surface area contributed by atoms with E-state index in [1.807, 2.05) is 45.0 Å². The van der Waals surface area contributed by atoms with E-state index in [9.17, 15) is 4.79 Å². The molecule has 0 aliphatic rings. The number of methoxy groups -OCH3 is 1. The summed E-state index contributed by atoms with van der Waals surface area (Å²) in [5, 5.41) is 3.09. The fourth-order valence-electron chi connectivity index (χ4n) is 3.09. The van der Waals surface area contributed by atoms with E-state index in [-0.39, 0.29) is 11.9 Å². The molecule has 0 saturated heterocycles. The Morgan fingerprint density at radius 3 is 2.27 bits per heavy atom. The molecule has 2 atom stereocenters. The first kappa shape index (κ1) is 19.8. The van der Waals surface area contributed by atoms with E-state index >= 15 is 0 Å². The maximum absolute atomic E-state index is 12.6. The summed E-state index contributed by atoms with van der Waals surface area (Å²) in [7, 11) is 1.66. The van der Waals surface area contributed by atoms with Gasteiger partial charge in [-0.2, -0.15) is 0 Å². The number of hydrogen-bond acceptors (Lipinski definition) is 3. The van der Waals surface area contributed by atoms with Gasteiger partial charge in [-0.05, 0) is 74.6 Å². The molecule has 0 radical (unpaired) electrons. The van der Waals surface area contributed by atoms with Crippen molar-refractivity contribution >= 4 is 5.91 Å². The van der Waals surface area contributed by atoms with E-state index < -0.39 is 6.10 Å². The van der Waals surface area contributed by atoms with E-state index in [2.05, 4.69) is 24.4 Å². The molecular formula is C22H29NO3. The average Bonchev–Trinajstić information content (AvgIpc) is 2.58. The molecule has 0 fully saturated rings. The molecule has 0 aromatic heterocycles. The minimum atomic E-state index is -0.565. The van der Waals surface area contributed by atoms with Crippen LogP contribution in [0.4, 0.5) is 0 Å². The number of nitrogens with one attached hydrogen (secondary N) is 1. The summed E-state index contributed by atoms with van der Waals surface area (Å²) in [6, 6.07) is 11.9. The van der Waals surface area contributed by atoms with Gasteiger partial charge in [0.1, 0.15) is 11.5 Å². The van der Waals surface area contributed by atoms with Gasteiger partial charge < -0.3 is 14.8 Å². The van der Waals surface area contributed by atoms with Crippen molar-refractivity contribution in [3.63, 3.8) is 0 Å².